The Labute approximate surface area is 188 Å². The molecule has 9 heteroatoms. The lowest BCUT2D eigenvalue weighted by molar-refractivity contribution is 0.0702. The van der Waals surface area contributed by atoms with Crippen LogP contribution in [0.5, 0.6) is 0 Å². The molecule has 1 aromatic carbocycles. The highest BCUT2D eigenvalue weighted by Crippen LogP contribution is 2.30. The Hall–Kier alpha value is -2.68. The summed E-state index contributed by atoms with van der Waals surface area (Å²) in [5, 5.41) is 10.2. The standard InChI is InChI=1S/C22H19ClN2O4S2/c1-13(2)14-3-6-19(7-4-14)31(28,29)25-17(10-15-9-16(23)12-24-21(15)25)11-18-5-8-20(30-18)22(26)27/h3-10,12-13H,11H2,1-2H3,(H,26,27). The molecule has 0 radical (unpaired) electrons. The Morgan fingerprint density at radius 1 is 1.16 bits per heavy atom. The van der Waals surface area contributed by atoms with Gasteiger partial charge in [-0.05, 0) is 47.9 Å². The summed E-state index contributed by atoms with van der Waals surface area (Å²) in [6.45, 7) is 4.09. The Bertz CT molecular complexity index is 1390. The quantitative estimate of drug-likeness (QED) is 0.404. The summed E-state index contributed by atoms with van der Waals surface area (Å²) in [5.74, 6) is -0.728. The minimum absolute atomic E-state index is 0.157. The maximum atomic E-state index is 13.6. The molecule has 0 saturated heterocycles. The van der Waals surface area contributed by atoms with Crippen LogP contribution in [0.15, 0.2) is 59.6 Å². The van der Waals surface area contributed by atoms with Crippen molar-refractivity contribution >= 4 is 50.0 Å². The molecule has 0 aliphatic heterocycles. The molecule has 0 saturated carbocycles. The van der Waals surface area contributed by atoms with Crippen LogP contribution >= 0.6 is 22.9 Å². The number of carboxylic acids is 1. The maximum absolute atomic E-state index is 13.6. The summed E-state index contributed by atoms with van der Waals surface area (Å²) in [4.78, 5) is 16.6. The smallest absolute Gasteiger partial charge is 0.345 e. The Morgan fingerprint density at radius 2 is 1.87 bits per heavy atom. The van der Waals surface area contributed by atoms with Gasteiger partial charge in [0.1, 0.15) is 4.88 Å². The van der Waals surface area contributed by atoms with Gasteiger partial charge in [-0.15, -0.1) is 11.3 Å². The average Bonchev–Trinajstić information content (AvgIpc) is 3.32. The monoisotopic (exact) mass is 474 g/mol. The fourth-order valence-electron chi connectivity index (χ4n) is 3.39. The van der Waals surface area contributed by atoms with E-state index in [9.17, 15) is 18.3 Å². The number of nitrogens with zero attached hydrogens (tertiary/aromatic N) is 2. The number of hydrogen-bond acceptors (Lipinski definition) is 5. The van der Waals surface area contributed by atoms with Crippen LogP contribution in [0, 0.1) is 0 Å². The third kappa shape index (κ3) is 4.11. The number of thiophene rings is 1. The zero-order valence-electron chi connectivity index (χ0n) is 16.7. The molecule has 4 aromatic rings. The highest BCUT2D eigenvalue weighted by molar-refractivity contribution is 7.90. The Balaban J connectivity index is 1.86. The number of halogens is 1. The number of aromatic carboxylic acids is 1. The largest absolute Gasteiger partial charge is 0.477 e. The highest BCUT2D eigenvalue weighted by Gasteiger charge is 2.25. The molecule has 0 aliphatic rings. The molecule has 0 atom stereocenters. The maximum Gasteiger partial charge on any atom is 0.345 e. The second-order valence-electron chi connectivity index (χ2n) is 7.44. The number of aromatic nitrogens is 2. The second-order valence-corrected chi connectivity index (χ2v) is 10.8. The topological polar surface area (TPSA) is 89.3 Å². The summed E-state index contributed by atoms with van der Waals surface area (Å²) in [7, 11) is -3.94. The molecule has 0 bridgehead atoms. The minimum Gasteiger partial charge on any atom is -0.477 e. The molecular weight excluding hydrogens is 456 g/mol. The summed E-state index contributed by atoms with van der Waals surface area (Å²) >= 11 is 7.19. The molecule has 0 unspecified atom stereocenters. The van der Waals surface area contributed by atoms with Crippen LogP contribution in [0.25, 0.3) is 11.0 Å². The van der Waals surface area contributed by atoms with E-state index in [1.807, 2.05) is 26.0 Å². The molecule has 3 aromatic heterocycles. The van der Waals surface area contributed by atoms with Crippen LogP contribution in [-0.2, 0) is 16.4 Å². The van der Waals surface area contributed by atoms with Crippen LogP contribution in [-0.4, -0.2) is 28.5 Å². The first-order valence-electron chi connectivity index (χ1n) is 9.50. The van der Waals surface area contributed by atoms with E-state index in [-0.39, 0.29) is 27.8 Å². The zero-order valence-corrected chi connectivity index (χ0v) is 19.1. The van der Waals surface area contributed by atoms with Crippen molar-refractivity contribution in [1.82, 2.24) is 8.96 Å². The number of carboxylic acid groups (broad SMARTS) is 1. The average molecular weight is 475 g/mol. The summed E-state index contributed by atoms with van der Waals surface area (Å²) < 4.78 is 28.4. The Kier molecular flexibility index (Phi) is 5.63. The first kappa shape index (κ1) is 21.5. The zero-order chi connectivity index (χ0) is 22.3. The van der Waals surface area contributed by atoms with E-state index in [4.69, 9.17) is 11.6 Å². The van der Waals surface area contributed by atoms with E-state index >= 15 is 0 Å². The fourth-order valence-corrected chi connectivity index (χ4v) is 5.91. The van der Waals surface area contributed by atoms with Gasteiger partial charge in [0.25, 0.3) is 10.0 Å². The number of rotatable bonds is 6. The van der Waals surface area contributed by atoms with Crippen LogP contribution in [0.4, 0.5) is 0 Å². The highest BCUT2D eigenvalue weighted by atomic mass is 35.5. The molecule has 31 heavy (non-hydrogen) atoms. The number of carbonyl (C=O) groups is 1. The minimum atomic E-state index is -3.94. The van der Waals surface area contributed by atoms with Crippen molar-refractivity contribution in [3.05, 3.63) is 80.8 Å². The molecule has 4 rings (SSSR count). The van der Waals surface area contributed by atoms with E-state index in [1.165, 1.54) is 16.2 Å². The van der Waals surface area contributed by atoms with Gasteiger partial charge in [0.2, 0.25) is 0 Å². The summed E-state index contributed by atoms with van der Waals surface area (Å²) in [5.41, 5.74) is 1.81. The number of fused-ring (bicyclic) bond motifs is 1. The van der Waals surface area contributed by atoms with Crippen molar-refractivity contribution in [2.75, 3.05) is 0 Å². The fraction of sp³-hybridized carbons (Fsp3) is 0.182. The van der Waals surface area contributed by atoms with Crippen LogP contribution in [0.3, 0.4) is 0 Å². The van der Waals surface area contributed by atoms with Crippen LogP contribution < -0.4 is 0 Å². The first-order valence-corrected chi connectivity index (χ1v) is 12.1. The van der Waals surface area contributed by atoms with Crippen molar-refractivity contribution in [2.24, 2.45) is 0 Å². The van der Waals surface area contributed by atoms with Gasteiger partial charge in [0.15, 0.2) is 5.65 Å². The molecule has 6 nitrogen and oxygen atoms in total. The van der Waals surface area contributed by atoms with Gasteiger partial charge in [0.05, 0.1) is 9.92 Å². The van der Waals surface area contributed by atoms with Gasteiger partial charge >= 0.3 is 5.97 Å². The van der Waals surface area contributed by atoms with Crippen molar-refractivity contribution in [1.29, 1.82) is 0 Å². The number of hydrogen-bond donors (Lipinski definition) is 1. The third-order valence-electron chi connectivity index (χ3n) is 4.95. The molecule has 0 fully saturated rings. The predicted octanol–water partition coefficient (Wildman–Crippen LogP) is 5.40. The van der Waals surface area contributed by atoms with Gasteiger partial charge in [-0.2, -0.15) is 0 Å². The lowest BCUT2D eigenvalue weighted by Gasteiger charge is -2.12. The lowest BCUT2D eigenvalue weighted by Crippen LogP contribution is -2.16. The van der Waals surface area contributed by atoms with Crippen LogP contribution in [0.2, 0.25) is 5.02 Å². The molecular formula is C22H19ClN2O4S2. The van der Waals surface area contributed by atoms with Crippen molar-refractivity contribution in [3.63, 3.8) is 0 Å². The van der Waals surface area contributed by atoms with Crippen LogP contribution in [0.1, 0.15) is 45.6 Å². The van der Waals surface area contributed by atoms with Gasteiger partial charge in [-0.3, -0.25) is 0 Å². The van der Waals surface area contributed by atoms with E-state index < -0.39 is 16.0 Å². The second kappa shape index (κ2) is 8.11. The molecule has 1 N–H and O–H groups in total. The molecule has 0 aliphatic carbocycles. The summed E-state index contributed by atoms with van der Waals surface area (Å²) in [6, 6.07) is 13.4. The number of benzene rings is 1. The normalized spacial score (nSPS) is 12.0. The third-order valence-corrected chi connectivity index (χ3v) is 7.99. The number of pyridine rings is 1. The lowest BCUT2D eigenvalue weighted by atomic mass is 10.0. The predicted molar refractivity (Wildman–Crippen MR) is 122 cm³/mol. The van der Waals surface area contributed by atoms with Crippen molar-refractivity contribution in [2.45, 2.75) is 31.1 Å². The SMILES string of the molecule is CC(C)c1ccc(S(=O)(=O)n2c(Cc3ccc(C(=O)O)s3)cc3cc(Cl)cnc32)cc1. The first-order chi connectivity index (χ1) is 14.7. The Morgan fingerprint density at radius 3 is 2.48 bits per heavy atom. The molecule has 0 amide bonds. The molecule has 3 heterocycles. The van der Waals surface area contributed by atoms with Crippen molar-refractivity contribution < 1.29 is 18.3 Å². The van der Waals surface area contributed by atoms with E-state index in [0.29, 0.717) is 16.1 Å². The van der Waals surface area contributed by atoms with E-state index in [1.54, 1.807) is 30.3 Å². The summed E-state index contributed by atoms with van der Waals surface area (Å²) in [6.07, 6.45) is 1.66. The van der Waals surface area contributed by atoms with Gasteiger partial charge in [-0.25, -0.2) is 22.2 Å². The van der Waals surface area contributed by atoms with Gasteiger partial charge < -0.3 is 5.11 Å². The van der Waals surface area contributed by atoms with E-state index in [0.717, 1.165) is 21.8 Å². The molecule has 160 valence electrons. The van der Waals surface area contributed by atoms with Gasteiger partial charge in [0, 0.05) is 28.6 Å². The molecule has 0 spiro atoms. The van der Waals surface area contributed by atoms with Gasteiger partial charge in [-0.1, -0.05) is 37.6 Å². The van der Waals surface area contributed by atoms with Crippen molar-refractivity contribution in [3.8, 4) is 0 Å². The van der Waals surface area contributed by atoms with E-state index in [2.05, 4.69) is 4.98 Å².